The molecule has 0 saturated carbocycles. The van der Waals surface area contributed by atoms with Gasteiger partial charge in [0.15, 0.2) is 5.58 Å². The second-order valence-electron chi connectivity index (χ2n) is 5.81. The summed E-state index contributed by atoms with van der Waals surface area (Å²) in [6, 6.07) is 7.51. The number of ether oxygens (including phenoxy) is 3. The highest BCUT2D eigenvalue weighted by Crippen LogP contribution is 2.33. The van der Waals surface area contributed by atoms with Gasteiger partial charge in [0.2, 0.25) is 0 Å². The first kappa shape index (κ1) is 20.2. The van der Waals surface area contributed by atoms with Gasteiger partial charge in [-0.3, -0.25) is 4.90 Å². The maximum atomic E-state index is 12.7. The van der Waals surface area contributed by atoms with Gasteiger partial charge in [-0.2, -0.15) is 0 Å². The van der Waals surface area contributed by atoms with Gasteiger partial charge in [0.1, 0.15) is 22.1 Å². The van der Waals surface area contributed by atoms with Crippen molar-refractivity contribution in [3.63, 3.8) is 0 Å². The van der Waals surface area contributed by atoms with Crippen molar-refractivity contribution in [2.45, 2.75) is 0 Å². The number of urea groups is 1. The van der Waals surface area contributed by atoms with Crippen molar-refractivity contribution in [1.82, 2.24) is 0 Å². The van der Waals surface area contributed by atoms with E-state index in [1.807, 2.05) is 0 Å². The van der Waals surface area contributed by atoms with Crippen LogP contribution in [0.15, 0.2) is 39.5 Å². The number of methoxy groups -OCH3 is 3. The number of hydrogen-bond donors (Lipinski definition) is 1. The van der Waals surface area contributed by atoms with Crippen LogP contribution in [-0.4, -0.2) is 40.4 Å². The van der Waals surface area contributed by atoms with E-state index in [2.05, 4.69) is 10.1 Å². The van der Waals surface area contributed by atoms with E-state index in [0.29, 0.717) is 26.9 Å². The third kappa shape index (κ3) is 4.02. The molecule has 0 fully saturated rings. The van der Waals surface area contributed by atoms with E-state index in [1.165, 1.54) is 43.6 Å². The minimum absolute atomic E-state index is 0.205. The number of nitrogens with one attached hydrogen (secondary N) is 1. The Labute approximate surface area is 169 Å². The molecule has 0 aliphatic carbocycles. The molecule has 10 heteroatoms. The lowest BCUT2D eigenvalue weighted by Gasteiger charge is -2.17. The average Bonchev–Trinajstić information content (AvgIpc) is 3.14. The number of carbonyl (C=O) groups is 2. The lowest BCUT2D eigenvalue weighted by atomic mass is 10.2. The second kappa shape index (κ2) is 8.23. The van der Waals surface area contributed by atoms with Crippen LogP contribution in [0.4, 0.5) is 15.5 Å². The molecule has 2 aromatic heterocycles. The highest BCUT2D eigenvalue weighted by molar-refractivity contribution is 7.22. The monoisotopic (exact) mass is 418 g/mol. The summed E-state index contributed by atoms with van der Waals surface area (Å²) in [5.41, 5.74) is -0.276. The Kier molecular flexibility index (Phi) is 5.74. The van der Waals surface area contributed by atoms with Gasteiger partial charge in [0.05, 0.1) is 31.7 Å². The minimum Gasteiger partial charge on any atom is -0.497 e. The molecule has 0 unspecified atom stereocenters. The maximum Gasteiger partial charge on any atom is 0.351 e. The Morgan fingerprint density at radius 3 is 2.52 bits per heavy atom. The van der Waals surface area contributed by atoms with Crippen LogP contribution in [0.5, 0.6) is 11.5 Å². The molecule has 0 aliphatic rings. The lowest BCUT2D eigenvalue weighted by Crippen LogP contribution is -2.30. The van der Waals surface area contributed by atoms with Gasteiger partial charge >= 0.3 is 17.6 Å². The van der Waals surface area contributed by atoms with Crippen LogP contribution in [0.25, 0.3) is 10.3 Å². The predicted molar refractivity (Wildman–Crippen MR) is 109 cm³/mol. The molecule has 0 saturated heterocycles. The lowest BCUT2D eigenvalue weighted by molar-refractivity contribution is 0.0596. The Morgan fingerprint density at radius 1 is 1.10 bits per heavy atom. The molecule has 1 aromatic carbocycles. The van der Waals surface area contributed by atoms with Gasteiger partial charge in [-0.1, -0.05) is 0 Å². The summed E-state index contributed by atoms with van der Waals surface area (Å²) in [5.74, 6) is 0.249. The molecule has 0 radical (unpaired) electrons. The van der Waals surface area contributed by atoms with Crippen LogP contribution in [0.1, 0.15) is 10.4 Å². The van der Waals surface area contributed by atoms with Gasteiger partial charge in [-0.05, 0) is 18.2 Å². The first-order chi connectivity index (χ1) is 13.9. The fraction of sp³-hybridized carbons (Fsp3) is 0.211. The number of rotatable bonds is 5. The van der Waals surface area contributed by atoms with E-state index in [1.54, 1.807) is 31.3 Å². The Bertz CT molecular complexity index is 1140. The summed E-state index contributed by atoms with van der Waals surface area (Å²) < 4.78 is 20.7. The van der Waals surface area contributed by atoms with Crippen LogP contribution in [-0.2, 0) is 4.74 Å². The number of hydrogen-bond acceptors (Lipinski definition) is 8. The normalized spacial score (nSPS) is 10.5. The first-order valence-corrected chi connectivity index (χ1v) is 9.12. The van der Waals surface area contributed by atoms with E-state index in [4.69, 9.17) is 13.9 Å². The molecule has 0 aliphatic heterocycles. The molecule has 0 bridgehead atoms. The number of anilines is 2. The van der Waals surface area contributed by atoms with E-state index < -0.39 is 17.6 Å². The molecule has 2 heterocycles. The van der Waals surface area contributed by atoms with Gasteiger partial charge in [0, 0.05) is 19.2 Å². The smallest absolute Gasteiger partial charge is 0.351 e. The SMILES string of the molecule is COC(=O)c1cc2sc(N(C)C(=O)Nc3ccc(OC)cc3OC)cc2oc1=O. The van der Waals surface area contributed by atoms with E-state index >= 15 is 0 Å². The molecule has 1 N–H and O–H groups in total. The van der Waals surface area contributed by atoms with Crippen molar-refractivity contribution in [2.24, 2.45) is 0 Å². The molecular weight excluding hydrogens is 400 g/mol. The minimum atomic E-state index is -0.802. The fourth-order valence-electron chi connectivity index (χ4n) is 2.52. The number of benzene rings is 1. The standard InChI is InChI=1S/C19H18N2O7S/c1-21(19(24)20-12-6-5-10(25-2)7-13(12)26-3)16-9-14-15(29-16)8-11(17(22)27-4)18(23)28-14/h5-9H,1-4H3,(H,20,24). The van der Waals surface area contributed by atoms with Gasteiger partial charge in [0.25, 0.3) is 0 Å². The van der Waals surface area contributed by atoms with Gasteiger partial charge < -0.3 is 23.9 Å². The van der Waals surface area contributed by atoms with Crippen LogP contribution < -0.4 is 25.3 Å². The highest BCUT2D eigenvalue weighted by Gasteiger charge is 2.20. The van der Waals surface area contributed by atoms with Crippen molar-refractivity contribution >= 4 is 44.3 Å². The first-order valence-electron chi connectivity index (χ1n) is 8.30. The summed E-state index contributed by atoms with van der Waals surface area (Å²) >= 11 is 1.18. The van der Waals surface area contributed by atoms with E-state index in [-0.39, 0.29) is 11.1 Å². The van der Waals surface area contributed by atoms with Crippen molar-refractivity contribution in [2.75, 3.05) is 38.6 Å². The zero-order valence-corrected chi connectivity index (χ0v) is 16.9. The zero-order chi connectivity index (χ0) is 21.1. The number of amides is 2. The van der Waals surface area contributed by atoms with Crippen LogP contribution in [0.2, 0.25) is 0 Å². The second-order valence-corrected chi connectivity index (χ2v) is 6.87. The van der Waals surface area contributed by atoms with E-state index in [0.717, 1.165) is 0 Å². The zero-order valence-electron chi connectivity index (χ0n) is 16.1. The average molecular weight is 418 g/mol. The molecule has 2 amide bonds. The third-order valence-electron chi connectivity index (χ3n) is 4.10. The molecular formula is C19H18N2O7S. The van der Waals surface area contributed by atoms with Crippen molar-refractivity contribution in [3.8, 4) is 11.5 Å². The maximum absolute atomic E-state index is 12.7. The summed E-state index contributed by atoms with van der Waals surface area (Å²) in [6.45, 7) is 0. The predicted octanol–water partition coefficient (Wildman–Crippen LogP) is 3.33. The molecule has 3 rings (SSSR count). The third-order valence-corrected chi connectivity index (χ3v) is 5.24. The van der Waals surface area contributed by atoms with Crippen LogP contribution >= 0.6 is 11.3 Å². The summed E-state index contributed by atoms with van der Waals surface area (Å²) in [4.78, 5) is 37.6. The number of nitrogens with zero attached hydrogens (tertiary/aromatic N) is 1. The van der Waals surface area contributed by atoms with Crippen LogP contribution in [0, 0.1) is 0 Å². The summed E-state index contributed by atoms with van der Waals surface area (Å²) in [6.07, 6.45) is 0. The molecule has 0 spiro atoms. The highest BCUT2D eigenvalue weighted by atomic mass is 32.1. The Morgan fingerprint density at radius 2 is 1.86 bits per heavy atom. The van der Waals surface area contributed by atoms with Gasteiger partial charge in [-0.25, -0.2) is 14.4 Å². The number of carbonyl (C=O) groups excluding carboxylic acids is 2. The molecule has 0 atom stereocenters. The number of fused-ring (bicyclic) bond motifs is 1. The topological polar surface area (TPSA) is 107 Å². The fourth-order valence-corrected chi connectivity index (χ4v) is 3.51. The molecule has 9 nitrogen and oxygen atoms in total. The van der Waals surface area contributed by atoms with Crippen LogP contribution in [0.3, 0.4) is 0 Å². The van der Waals surface area contributed by atoms with Crippen molar-refractivity contribution < 1.29 is 28.2 Å². The molecule has 152 valence electrons. The largest absolute Gasteiger partial charge is 0.497 e. The van der Waals surface area contributed by atoms with E-state index in [9.17, 15) is 14.4 Å². The van der Waals surface area contributed by atoms with Crippen molar-refractivity contribution in [3.05, 3.63) is 46.3 Å². The Hall–Kier alpha value is -3.53. The molecule has 29 heavy (non-hydrogen) atoms. The summed E-state index contributed by atoms with van der Waals surface area (Å²) in [5, 5.41) is 3.26. The quantitative estimate of drug-likeness (QED) is 0.633. The number of esters is 1. The number of thiophene rings is 1. The Balaban J connectivity index is 1.87. The van der Waals surface area contributed by atoms with Crippen molar-refractivity contribution in [1.29, 1.82) is 0 Å². The molecule has 3 aromatic rings. The van der Waals surface area contributed by atoms with Gasteiger partial charge in [-0.15, -0.1) is 11.3 Å². The summed E-state index contributed by atoms with van der Waals surface area (Å²) in [7, 11) is 5.76.